The summed E-state index contributed by atoms with van der Waals surface area (Å²) < 4.78 is 2.16. The molecule has 19 heavy (non-hydrogen) atoms. The van der Waals surface area contributed by atoms with Gasteiger partial charge in [0.2, 0.25) is 5.91 Å². The molecule has 2 N–H and O–H groups in total. The number of amides is 1. The minimum Gasteiger partial charge on any atom is -0.350 e. The van der Waals surface area contributed by atoms with Gasteiger partial charge in [-0.3, -0.25) is 4.79 Å². The Morgan fingerprint density at radius 3 is 2.84 bits per heavy atom. The van der Waals surface area contributed by atoms with Crippen LogP contribution in [-0.4, -0.2) is 32.8 Å². The fourth-order valence-corrected chi connectivity index (χ4v) is 2.25. The molecule has 0 bridgehead atoms. The van der Waals surface area contributed by atoms with Crippen molar-refractivity contribution in [2.75, 3.05) is 6.54 Å². The molecular weight excluding hydrogens is 242 g/mol. The van der Waals surface area contributed by atoms with Crippen LogP contribution in [0.2, 0.25) is 0 Å². The fraction of sp³-hybridized carbons (Fsp3) is 0.769. The zero-order valence-corrected chi connectivity index (χ0v) is 12.0. The van der Waals surface area contributed by atoms with Crippen LogP contribution >= 0.6 is 0 Å². The van der Waals surface area contributed by atoms with Crippen LogP contribution in [0.4, 0.5) is 0 Å². The molecule has 2 rings (SSSR count). The molecule has 0 unspecified atom stereocenters. The van der Waals surface area contributed by atoms with E-state index in [2.05, 4.69) is 25.4 Å². The molecule has 1 aromatic heterocycles. The summed E-state index contributed by atoms with van der Waals surface area (Å²) in [5.41, 5.74) is -0.188. The molecule has 0 aromatic carbocycles. The van der Waals surface area contributed by atoms with E-state index in [4.69, 9.17) is 0 Å². The molecule has 1 aromatic rings. The Bertz CT molecular complexity index is 446. The molecule has 0 atom stereocenters. The summed E-state index contributed by atoms with van der Waals surface area (Å²) in [7, 11) is 0. The van der Waals surface area contributed by atoms with Crippen LogP contribution in [-0.2, 0) is 24.3 Å². The maximum absolute atomic E-state index is 11.7. The van der Waals surface area contributed by atoms with Crippen LogP contribution in [0.1, 0.15) is 45.3 Å². The molecule has 6 heteroatoms. The molecule has 0 saturated heterocycles. The van der Waals surface area contributed by atoms with Gasteiger partial charge in [-0.2, -0.15) is 0 Å². The smallest absolute Gasteiger partial charge is 0.234 e. The molecule has 0 spiro atoms. The van der Waals surface area contributed by atoms with E-state index in [0.29, 0.717) is 13.1 Å². The first-order chi connectivity index (χ1) is 8.96. The SMILES string of the molecule is CC(C)(C)NC(=O)CNCc1nnc2n1CCCC2. The number of carbonyl (C=O) groups excluding carboxylic acids is 1. The van der Waals surface area contributed by atoms with Gasteiger partial charge in [-0.05, 0) is 33.6 Å². The molecule has 0 fully saturated rings. The third-order valence-corrected chi connectivity index (χ3v) is 3.02. The number of nitrogens with zero attached hydrogens (tertiary/aromatic N) is 3. The van der Waals surface area contributed by atoms with Gasteiger partial charge in [0, 0.05) is 18.5 Å². The first-order valence-corrected chi connectivity index (χ1v) is 6.88. The Balaban J connectivity index is 1.80. The Morgan fingerprint density at radius 2 is 2.11 bits per heavy atom. The summed E-state index contributed by atoms with van der Waals surface area (Å²) in [6.07, 6.45) is 3.39. The highest BCUT2D eigenvalue weighted by atomic mass is 16.2. The second kappa shape index (κ2) is 5.69. The molecule has 1 aliphatic heterocycles. The van der Waals surface area contributed by atoms with E-state index < -0.39 is 0 Å². The number of aromatic nitrogens is 3. The Labute approximate surface area is 114 Å². The van der Waals surface area contributed by atoms with E-state index >= 15 is 0 Å². The predicted molar refractivity (Wildman–Crippen MR) is 72.6 cm³/mol. The van der Waals surface area contributed by atoms with Gasteiger partial charge in [0.1, 0.15) is 11.6 Å². The standard InChI is InChI=1S/C13H23N5O/c1-13(2,3)15-12(19)9-14-8-11-17-16-10-6-4-5-7-18(10)11/h14H,4-9H2,1-3H3,(H,15,19). The third kappa shape index (κ3) is 4.02. The van der Waals surface area contributed by atoms with E-state index in [9.17, 15) is 4.79 Å². The Morgan fingerprint density at radius 1 is 1.32 bits per heavy atom. The van der Waals surface area contributed by atoms with E-state index in [1.165, 1.54) is 12.8 Å². The highest BCUT2D eigenvalue weighted by molar-refractivity contribution is 5.78. The van der Waals surface area contributed by atoms with E-state index in [1.54, 1.807) is 0 Å². The zero-order chi connectivity index (χ0) is 13.9. The van der Waals surface area contributed by atoms with E-state index in [0.717, 1.165) is 24.6 Å². The minimum absolute atomic E-state index is 0.00545. The van der Waals surface area contributed by atoms with Crippen molar-refractivity contribution >= 4 is 5.91 Å². The van der Waals surface area contributed by atoms with Crippen LogP contribution in [0, 0.1) is 0 Å². The van der Waals surface area contributed by atoms with Crippen molar-refractivity contribution in [3.63, 3.8) is 0 Å². The minimum atomic E-state index is -0.188. The third-order valence-electron chi connectivity index (χ3n) is 3.02. The van der Waals surface area contributed by atoms with Gasteiger partial charge in [-0.15, -0.1) is 10.2 Å². The number of rotatable bonds is 4. The molecular formula is C13H23N5O. The molecule has 1 amide bonds. The summed E-state index contributed by atoms with van der Waals surface area (Å²) in [4.78, 5) is 11.7. The van der Waals surface area contributed by atoms with Crippen LogP contribution in [0.25, 0.3) is 0 Å². The normalized spacial score (nSPS) is 15.1. The fourth-order valence-electron chi connectivity index (χ4n) is 2.25. The van der Waals surface area contributed by atoms with Crippen molar-refractivity contribution in [3.05, 3.63) is 11.6 Å². The molecule has 0 aliphatic carbocycles. The molecule has 106 valence electrons. The Hall–Kier alpha value is -1.43. The van der Waals surface area contributed by atoms with E-state index in [1.807, 2.05) is 20.8 Å². The van der Waals surface area contributed by atoms with Crippen LogP contribution in [0.5, 0.6) is 0 Å². The topological polar surface area (TPSA) is 71.8 Å². The number of hydrogen-bond acceptors (Lipinski definition) is 4. The van der Waals surface area contributed by atoms with Crippen molar-refractivity contribution in [2.45, 2.75) is 58.7 Å². The average Bonchev–Trinajstić information content (AvgIpc) is 2.70. The van der Waals surface area contributed by atoms with Gasteiger partial charge < -0.3 is 15.2 Å². The van der Waals surface area contributed by atoms with Gasteiger partial charge in [0.15, 0.2) is 0 Å². The highest BCUT2D eigenvalue weighted by Gasteiger charge is 2.16. The predicted octanol–water partition coefficient (Wildman–Crippen LogP) is 0.619. The second-order valence-corrected chi connectivity index (χ2v) is 6.04. The molecule has 1 aliphatic rings. The zero-order valence-electron chi connectivity index (χ0n) is 12.0. The van der Waals surface area contributed by atoms with Crippen molar-refractivity contribution < 1.29 is 4.79 Å². The van der Waals surface area contributed by atoms with Gasteiger partial charge in [0.25, 0.3) is 0 Å². The lowest BCUT2D eigenvalue weighted by molar-refractivity contribution is -0.121. The molecule has 0 radical (unpaired) electrons. The van der Waals surface area contributed by atoms with E-state index in [-0.39, 0.29) is 11.4 Å². The highest BCUT2D eigenvalue weighted by Crippen LogP contribution is 2.13. The number of fused-ring (bicyclic) bond motifs is 1. The van der Waals surface area contributed by atoms with Crippen molar-refractivity contribution in [2.24, 2.45) is 0 Å². The summed E-state index contributed by atoms with van der Waals surface area (Å²) in [5.74, 6) is 2.01. The maximum Gasteiger partial charge on any atom is 0.234 e. The number of nitrogens with one attached hydrogen (secondary N) is 2. The molecule has 0 saturated carbocycles. The number of hydrogen-bond donors (Lipinski definition) is 2. The maximum atomic E-state index is 11.7. The van der Waals surface area contributed by atoms with Gasteiger partial charge in [0.05, 0.1) is 13.1 Å². The molecule has 6 nitrogen and oxygen atoms in total. The summed E-state index contributed by atoms with van der Waals surface area (Å²) in [6, 6.07) is 0. The molecule has 2 heterocycles. The Kier molecular flexibility index (Phi) is 4.19. The second-order valence-electron chi connectivity index (χ2n) is 6.04. The lowest BCUT2D eigenvalue weighted by atomic mass is 10.1. The van der Waals surface area contributed by atoms with Crippen LogP contribution < -0.4 is 10.6 Å². The number of carbonyl (C=O) groups is 1. The lowest BCUT2D eigenvalue weighted by Gasteiger charge is -2.20. The van der Waals surface area contributed by atoms with Crippen molar-refractivity contribution in [3.8, 4) is 0 Å². The van der Waals surface area contributed by atoms with Crippen molar-refractivity contribution in [1.82, 2.24) is 25.4 Å². The summed E-state index contributed by atoms with van der Waals surface area (Å²) >= 11 is 0. The largest absolute Gasteiger partial charge is 0.350 e. The lowest BCUT2D eigenvalue weighted by Crippen LogP contribution is -2.44. The van der Waals surface area contributed by atoms with Gasteiger partial charge in [-0.1, -0.05) is 0 Å². The van der Waals surface area contributed by atoms with Gasteiger partial charge in [-0.25, -0.2) is 0 Å². The quantitative estimate of drug-likeness (QED) is 0.837. The number of aryl methyl sites for hydroxylation is 1. The monoisotopic (exact) mass is 265 g/mol. The van der Waals surface area contributed by atoms with Crippen LogP contribution in [0.15, 0.2) is 0 Å². The first kappa shape index (κ1) is 14.0. The first-order valence-electron chi connectivity index (χ1n) is 6.88. The van der Waals surface area contributed by atoms with Gasteiger partial charge >= 0.3 is 0 Å². The average molecular weight is 265 g/mol. The van der Waals surface area contributed by atoms with Crippen molar-refractivity contribution in [1.29, 1.82) is 0 Å². The summed E-state index contributed by atoms with van der Waals surface area (Å²) in [6.45, 7) is 7.80. The van der Waals surface area contributed by atoms with Crippen LogP contribution in [0.3, 0.4) is 0 Å². The summed E-state index contributed by atoms with van der Waals surface area (Å²) in [5, 5.41) is 14.4.